The highest BCUT2D eigenvalue weighted by atomic mass is 16.5. The summed E-state index contributed by atoms with van der Waals surface area (Å²) in [4.78, 5) is 19.6. The number of nitrogens with two attached hydrogens (primary N) is 1. The maximum absolute atomic E-state index is 12.6. The second-order valence-electron chi connectivity index (χ2n) is 13.7. The standard InChI is InChI=1S/C39H76N4O3/c1-3-5-7-9-11-13-15-16-17-18-19-20-21-23-25-27-29-45-34-37(33-42-39(44)38(40)31-36-32-41-35-43-36)46-30-28-26-24-22-14-12-10-8-6-4-2/h32,35,37-38H,3-31,33-34,40H2,1-2H3,(H,41,43)(H,42,44)/t37?,38-/m0/s1. The molecule has 0 spiro atoms. The average molecular weight is 649 g/mol. The molecular formula is C39H76N4O3. The second-order valence-corrected chi connectivity index (χ2v) is 13.7. The second kappa shape index (κ2) is 33.5. The first-order valence-corrected chi connectivity index (χ1v) is 19.9. The predicted molar refractivity (Wildman–Crippen MR) is 195 cm³/mol. The maximum atomic E-state index is 12.6. The fourth-order valence-electron chi connectivity index (χ4n) is 6.04. The first-order valence-electron chi connectivity index (χ1n) is 19.9. The van der Waals surface area contributed by atoms with E-state index in [1.54, 1.807) is 12.5 Å². The Kier molecular flexibility index (Phi) is 31.0. The van der Waals surface area contributed by atoms with Gasteiger partial charge in [-0.15, -0.1) is 0 Å². The van der Waals surface area contributed by atoms with E-state index >= 15 is 0 Å². The zero-order chi connectivity index (χ0) is 33.2. The number of hydrogen-bond acceptors (Lipinski definition) is 5. The Bertz CT molecular complexity index is 746. The molecule has 7 heteroatoms. The van der Waals surface area contributed by atoms with E-state index in [1.165, 1.54) is 154 Å². The summed E-state index contributed by atoms with van der Waals surface area (Å²) in [6.45, 7) is 6.95. The van der Waals surface area contributed by atoms with Crippen molar-refractivity contribution in [3.05, 3.63) is 18.2 Å². The van der Waals surface area contributed by atoms with Crippen LogP contribution in [0.15, 0.2) is 12.5 Å². The van der Waals surface area contributed by atoms with Crippen LogP contribution in [-0.2, 0) is 20.7 Å². The van der Waals surface area contributed by atoms with E-state index in [0.717, 1.165) is 25.1 Å². The number of rotatable bonds is 36. The third-order valence-corrected chi connectivity index (χ3v) is 9.13. The zero-order valence-electron chi connectivity index (χ0n) is 30.5. The Morgan fingerprint density at radius 1 is 0.696 bits per heavy atom. The highest BCUT2D eigenvalue weighted by Crippen LogP contribution is 2.14. The lowest BCUT2D eigenvalue weighted by Crippen LogP contribution is -2.46. The summed E-state index contributed by atoms with van der Waals surface area (Å²) >= 11 is 0. The molecule has 1 aromatic rings. The molecule has 0 bridgehead atoms. The van der Waals surface area contributed by atoms with Gasteiger partial charge < -0.3 is 25.5 Å². The van der Waals surface area contributed by atoms with Gasteiger partial charge in [0, 0.05) is 38.1 Å². The van der Waals surface area contributed by atoms with Crippen LogP contribution >= 0.6 is 0 Å². The molecule has 1 unspecified atom stereocenters. The van der Waals surface area contributed by atoms with Crippen LogP contribution in [0.25, 0.3) is 0 Å². The molecule has 4 N–H and O–H groups in total. The fraction of sp³-hybridized carbons (Fsp3) is 0.897. The van der Waals surface area contributed by atoms with Gasteiger partial charge in [-0.3, -0.25) is 4.79 Å². The van der Waals surface area contributed by atoms with Gasteiger partial charge in [-0.05, 0) is 12.8 Å². The van der Waals surface area contributed by atoms with E-state index in [1.807, 2.05) is 0 Å². The molecular weight excluding hydrogens is 572 g/mol. The summed E-state index contributed by atoms with van der Waals surface area (Å²) in [6, 6.07) is -0.617. The van der Waals surface area contributed by atoms with Crippen LogP contribution in [0.5, 0.6) is 0 Å². The number of ether oxygens (including phenoxy) is 2. The highest BCUT2D eigenvalue weighted by molar-refractivity contribution is 5.81. The lowest BCUT2D eigenvalue weighted by atomic mass is 10.0. The Morgan fingerprint density at radius 2 is 1.13 bits per heavy atom. The summed E-state index contributed by atoms with van der Waals surface area (Å²) < 4.78 is 12.2. The van der Waals surface area contributed by atoms with Gasteiger partial charge in [-0.1, -0.05) is 168 Å². The van der Waals surface area contributed by atoms with Crippen LogP contribution in [0.3, 0.4) is 0 Å². The molecule has 7 nitrogen and oxygen atoms in total. The molecule has 1 amide bonds. The van der Waals surface area contributed by atoms with Gasteiger partial charge >= 0.3 is 0 Å². The van der Waals surface area contributed by atoms with Crippen molar-refractivity contribution in [1.29, 1.82) is 0 Å². The summed E-state index contributed by atoms with van der Waals surface area (Å²) in [7, 11) is 0. The molecule has 0 aliphatic rings. The number of amides is 1. The van der Waals surface area contributed by atoms with Crippen LogP contribution in [-0.4, -0.2) is 54.4 Å². The van der Waals surface area contributed by atoms with Crippen LogP contribution in [0, 0.1) is 0 Å². The normalized spacial score (nSPS) is 12.8. The number of nitrogens with one attached hydrogen (secondary N) is 2. The van der Waals surface area contributed by atoms with E-state index in [9.17, 15) is 4.79 Å². The molecule has 1 heterocycles. The summed E-state index contributed by atoms with van der Waals surface area (Å²) in [5.41, 5.74) is 6.98. The molecule has 1 rings (SSSR count). The monoisotopic (exact) mass is 649 g/mol. The van der Waals surface area contributed by atoms with Gasteiger partial charge in [0.1, 0.15) is 0 Å². The lowest BCUT2D eigenvalue weighted by molar-refractivity contribution is -0.123. The third kappa shape index (κ3) is 27.7. The van der Waals surface area contributed by atoms with Gasteiger partial charge in [0.2, 0.25) is 5.91 Å². The van der Waals surface area contributed by atoms with E-state index in [4.69, 9.17) is 15.2 Å². The molecule has 0 aromatic carbocycles. The van der Waals surface area contributed by atoms with Gasteiger partial charge in [0.05, 0.1) is 25.1 Å². The quantitative estimate of drug-likeness (QED) is 0.0629. The number of hydrogen-bond donors (Lipinski definition) is 3. The highest BCUT2D eigenvalue weighted by Gasteiger charge is 2.17. The van der Waals surface area contributed by atoms with E-state index < -0.39 is 6.04 Å². The van der Waals surface area contributed by atoms with E-state index in [2.05, 4.69) is 29.1 Å². The Labute approximate surface area is 284 Å². The van der Waals surface area contributed by atoms with Crippen molar-refractivity contribution < 1.29 is 14.3 Å². The van der Waals surface area contributed by atoms with E-state index in [0.29, 0.717) is 26.2 Å². The first-order chi connectivity index (χ1) is 22.7. The number of carbonyl (C=O) groups is 1. The summed E-state index contributed by atoms with van der Waals surface area (Å²) in [5, 5.41) is 2.99. The largest absolute Gasteiger partial charge is 0.379 e. The Balaban J connectivity index is 2.12. The average Bonchev–Trinajstić information content (AvgIpc) is 3.58. The number of aromatic nitrogens is 2. The van der Waals surface area contributed by atoms with Crippen LogP contribution in [0.1, 0.15) is 186 Å². The fourth-order valence-corrected chi connectivity index (χ4v) is 6.04. The predicted octanol–water partition coefficient (Wildman–Crippen LogP) is 9.98. The molecule has 0 aliphatic heterocycles. The molecule has 0 aliphatic carbocycles. The minimum absolute atomic E-state index is 0.150. The minimum atomic E-state index is -0.617. The Morgan fingerprint density at radius 3 is 1.57 bits per heavy atom. The molecule has 0 radical (unpaired) electrons. The Hall–Kier alpha value is -1.44. The van der Waals surface area contributed by atoms with Crippen molar-refractivity contribution in [3.8, 4) is 0 Å². The van der Waals surface area contributed by atoms with E-state index in [-0.39, 0.29) is 12.0 Å². The number of carbonyl (C=O) groups excluding carboxylic acids is 1. The van der Waals surface area contributed by atoms with Gasteiger partial charge in [0.25, 0.3) is 0 Å². The first kappa shape index (κ1) is 42.6. The molecule has 0 saturated heterocycles. The topological polar surface area (TPSA) is 102 Å². The van der Waals surface area contributed by atoms with Crippen LogP contribution in [0.2, 0.25) is 0 Å². The van der Waals surface area contributed by atoms with Crippen LogP contribution < -0.4 is 11.1 Å². The van der Waals surface area contributed by atoms with Crippen molar-refractivity contribution in [2.75, 3.05) is 26.4 Å². The number of H-pyrrole nitrogens is 1. The third-order valence-electron chi connectivity index (χ3n) is 9.13. The minimum Gasteiger partial charge on any atom is -0.379 e. The summed E-state index contributed by atoms with van der Waals surface area (Å²) in [5.74, 6) is -0.167. The molecule has 0 fully saturated rings. The maximum Gasteiger partial charge on any atom is 0.237 e. The number of imidazole rings is 1. The van der Waals surface area contributed by atoms with Crippen molar-refractivity contribution in [2.45, 2.75) is 199 Å². The van der Waals surface area contributed by atoms with Crippen molar-refractivity contribution in [2.24, 2.45) is 5.73 Å². The number of nitrogens with zero attached hydrogens (tertiary/aromatic N) is 1. The molecule has 0 saturated carbocycles. The molecule has 46 heavy (non-hydrogen) atoms. The van der Waals surface area contributed by atoms with Gasteiger partial charge in [-0.25, -0.2) is 4.98 Å². The van der Waals surface area contributed by atoms with Crippen molar-refractivity contribution in [1.82, 2.24) is 15.3 Å². The van der Waals surface area contributed by atoms with Crippen molar-refractivity contribution in [3.63, 3.8) is 0 Å². The number of unbranched alkanes of at least 4 members (excludes halogenated alkanes) is 24. The van der Waals surface area contributed by atoms with Crippen LogP contribution in [0.4, 0.5) is 0 Å². The molecule has 1 aromatic heterocycles. The molecule has 2 atom stereocenters. The summed E-state index contributed by atoms with van der Waals surface area (Å²) in [6.07, 6.45) is 38.5. The van der Waals surface area contributed by atoms with Gasteiger partial charge in [-0.2, -0.15) is 0 Å². The SMILES string of the molecule is CCCCCCCCCCCCCCCCCCOCC(CNC(=O)[C@@H](N)Cc1cnc[nH]1)OCCCCCCCCCCCC. The number of aromatic amines is 1. The molecule has 270 valence electrons. The smallest absolute Gasteiger partial charge is 0.237 e. The van der Waals surface area contributed by atoms with Crippen molar-refractivity contribution >= 4 is 5.91 Å². The zero-order valence-corrected chi connectivity index (χ0v) is 30.5. The van der Waals surface area contributed by atoms with Gasteiger partial charge in [0.15, 0.2) is 0 Å². The lowest BCUT2D eigenvalue weighted by Gasteiger charge is -2.20.